The quantitative estimate of drug-likeness (QED) is 0.656. The number of rotatable bonds is 9. The molecule has 0 radical (unpaired) electrons. The average molecular weight is 290 g/mol. The lowest BCUT2D eigenvalue weighted by atomic mass is 10.2. The molecular weight excluding hydrogens is 268 g/mol. The molecule has 0 saturated heterocycles. The van der Waals surface area contributed by atoms with Crippen LogP contribution >= 0.6 is 0 Å². The molecule has 0 aliphatic heterocycles. The van der Waals surface area contributed by atoms with Gasteiger partial charge < -0.3 is 10.5 Å². The summed E-state index contributed by atoms with van der Waals surface area (Å²) in [5.41, 5.74) is 5.39. The Bertz CT molecular complexity index is 472. The number of sulfonamides is 1. The number of aryl methyl sites for hydroxylation is 1. The van der Waals surface area contributed by atoms with Crippen molar-refractivity contribution in [3.8, 4) is 0 Å². The smallest absolute Gasteiger partial charge is 0.243 e. The molecule has 19 heavy (non-hydrogen) atoms. The van der Waals surface area contributed by atoms with Gasteiger partial charge in [-0.1, -0.05) is 6.92 Å². The average Bonchev–Trinajstić information content (AvgIpc) is 2.84. The summed E-state index contributed by atoms with van der Waals surface area (Å²) in [6.07, 6.45) is 3.62. The second-order valence-electron chi connectivity index (χ2n) is 4.49. The van der Waals surface area contributed by atoms with Crippen LogP contribution in [0.15, 0.2) is 17.3 Å². The zero-order valence-corrected chi connectivity index (χ0v) is 12.2. The third-order valence-corrected chi connectivity index (χ3v) is 3.96. The minimum absolute atomic E-state index is 0.118. The predicted octanol–water partition coefficient (Wildman–Crippen LogP) is -0.207. The van der Waals surface area contributed by atoms with Crippen molar-refractivity contribution in [2.45, 2.75) is 24.8 Å². The number of methoxy groups -OCH3 is 1. The molecule has 0 spiro atoms. The van der Waals surface area contributed by atoms with Crippen LogP contribution in [0.2, 0.25) is 0 Å². The summed E-state index contributed by atoms with van der Waals surface area (Å²) in [5.74, 6) is 0.118. The van der Waals surface area contributed by atoms with Crippen molar-refractivity contribution in [1.29, 1.82) is 0 Å². The molecule has 0 aromatic carbocycles. The van der Waals surface area contributed by atoms with Crippen molar-refractivity contribution < 1.29 is 13.2 Å². The van der Waals surface area contributed by atoms with Crippen molar-refractivity contribution in [2.75, 3.05) is 26.8 Å². The summed E-state index contributed by atoms with van der Waals surface area (Å²) in [6.45, 7) is 3.93. The van der Waals surface area contributed by atoms with E-state index in [1.54, 1.807) is 11.8 Å². The maximum atomic E-state index is 12.0. The Hall–Kier alpha value is -0.960. The van der Waals surface area contributed by atoms with Gasteiger partial charge in [-0.3, -0.25) is 4.68 Å². The molecule has 1 heterocycles. The summed E-state index contributed by atoms with van der Waals surface area (Å²) in [7, 11) is -1.91. The molecule has 0 aliphatic carbocycles. The molecule has 0 saturated carbocycles. The van der Waals surface area contributed by atoms with E-state index in [0.29, 0.717) is 26.2 Å². The number of nitrogens with two attached hydrogens (primary N) is 1. The van der Waals surface area contributed by atoms with E-state index < -0.39 is 10.0 Å². The molecule has 110 valence electrons. The lowest BCUT2D eigenvalue weighted by molar-refractivity contribution is 0.161. The Labute approximate surface area is 114 Å². The monoisotopic (exact) mass is 290 g/mol. The van der Waals surface area contributed by atoms with Gasteiger partial charge in [0.25, 0.3) is 0 Å². The molecule has 7 nitrogen and oxygen atoms in total. The predicted molar refractivity (Wildman–Crippen MR) is 72.1 cm³/mol. The van der Waals surface area contributed by atoms with Crippen LogP contribution in [0.4, 0.5) is 0 Å². The summed E-state index contributed by atoms with van der Waals surface area (Å²) in [4.78, 5) is 0.175. The normalized spacial score (nSPS) is 13.6. The first-order valence-corrected chi connectivity index (χ1v) is 7.69. The van der Waals surface area contributed by atoms with Crippen molar-refractivity contribution in [3.05, 3.63) is 12.4 Å². The van der Waals surface area contributed by atoms with Gasteiger partial charge in [0, 0.05) is 33.0 Å². The van der Waals surface area contributed by atoms with Gasteiger partial charge >= 0.3 is 0 Å². The Morgan fingerprint density at radius 3 is 2.95 bits per heavy atom. The molecule has 3 N–H and O–H groups in total. The second kappa shape index (κ2) is 7.59. The molecule has 0 bridgehead atoms. The van der Waals surface area contributed by atoms with Gasteiger partial charge in [-0.25, -0.2) is 13.1 Å². The van der Waals surface area contributed by atoms with Crippen molar-refractivity contribution in [2.24, 2.45) is 11.7 Å². The van der Waals surface area contributed by atoms with E-state index in [-0.39, 0.29) is 10.8 Å². The van der Waals surface area contributed by atoms with Gasteiger partial charge in [-0.05, 0) is 18.9 Å². The number of aromatic nitrogens is 2. The van der Waals surface area contributed by atoms with Gasteiger partial charge in [0.05, 0.1) is 6.20 Å². The number of nitrogens with one attached hydrogen (secondary N) is 1. The number of hydrogen-bond acceptors (Lipinski definition) is 5. The molecule has 1 unspecified atom stereocenters. The SMILES string of the molecule is COCC(C)CNS(=O)(=O)c1cnn(CCCN)c1. The summed E-state index contributed by atoms with van der Waals surface area (Å²) >= 11 is 0. The fourth-order valence-electron chi connectivity index (χ4n) is 1.54. The lowest BCUT2D eigenvalue weighted by Gasteiger charge is -2.10. The van der Waals surface area contributed by atoms with Gasteiger partial charge in [-0.2, -0.15) is 5.10 Å². The summed E-state index contributed by atoms with van der Waals surface area (Å²) in [5, 5.41) is 4.00. The van der Waals surface area contributed by atoms with Gasteiger partial charge in [0.15, 0.2) is 0 Å². The molecule has 1 aromatic rings. The third kappa shape index (κ3) is 5.27. The fourth-order valence-corrected chi connectivity index (χ4v) is 2.65. The fraction of sp³-hybridized carbons (Fsp3) is 0.727. The second-order valence-corrected chi connectivity index (χ2v) is 6.26. The van der Waals surface area contributed by atoms with Crippen LogP contribution in [0.3, 0.4) is 0 Å². The van der Waals surface area contributed by atoms with Gasteiger partial charge in [-0.15, -0.1) is 0 Å². The highest BCUT2D eigenvalue weighted by atomic mass is 32.2. The van der Waals surface area contributed by atoms with Crippen LogP contribution in [0.25, 0.3) is 0 Å². The molecule has 1 rings (SSSR count). The summed E-state index contributed by atoms with van der Waals surface area (Å²) < 4.78 is 33.1. The van der Waals surface area contributed by atoms with E-state index in [1.165, 1.54) is 12.4 Å². The van der Waals surface area contributed by atoms with Crippen LogP contribution in [0.5, 0.6) is 0 Å². The minimum Gasteiger partial charge on any atom is -0.384 e. The van der Waals surface area contributed by atoms with Crippen molar-refractivity contribution in [1.82, 2.24) is 14.5 Å². The Kier molecular flexibility index (Phi) is 6.43. The standard InChI is InChI=1S/C11H22N4O3S/c1-10(9-18-2)6-14-19(16,17)11-7-13-15(8-11)5-3-4-12/h7-8,10,14H,3-6,9,12H2,1-2H3. The van der Waals surface area contributed by atoms with Crippen molar-refractivity contribution in [3.63, 3.8) is 0 Å². The third-order valence-electron chi connectivity index (χ3n) is 2.58. The highest BCUT2D eigenvalue weighted by Gasteiger charge is 2.17. The molecule has 0 aliphatic rings. The minimum atomic E-state index is -3.50. The van der Waals surface area contributed by atoms with Crippen LogP contribution < -0.4 is 10.5 Å². The number of nitrogens with zero attached hydrogens (tertiary/aromatic N) is 2. The topological polar surface area (TPSA) is 99.2 Å². The van der Waals surface area contributed by atoms with E-state index in [4.69, 9.17) is 10.5 Å². The molecule has 1 aromatic heterocycles. The highest BCUT2D eigenvalue weighted by molar-refractivity contribution is 7.89. The van der Waals surface area contributed by atoms with Crippen LogP contribution in [-0.4, -0.2) is 45.0 Å². The Morgan fingerprint density at radius 1 is 1.58 bits per heavy atom. The lowest BCUT2D eigenvalue weighted by Crippen LogP contribution is -2.29. The zero-order chi connectivity index (χ0) is 14.3. The van der Waals surface area contributed by atoms with E-state index in [0.717, 1.165) is 6.42 Å². The van der Waals surface area contributed by atoms with E-state index in [1.807, 2.05) is 6.92 Å². The maximum absolute atomic E-state index is 12.0. The van der Waals surface area contributed by atoms with Crippen molar-refractivity contribution >= 4 is 10.0 Å². The van der Waals surface area contributed by atoms with Crippen LogP contribution in [-0.2, 0) is 21.3 Å². The molecule has 8 heteroatoms. The van der Waals surface area contributed by atoms with Crippen LogP contribution in [0, 0.1) is 5.92 Å². The Morgan fingerprint density at radius 2 is 2.32 bits per heavy atom. The largest absolute Gasteiger partial charge is 0.384 e. The van der Waals surface area contributed by atoms with E-state index in [9.17, 15) is 8.42 Å². The zero-order valence-electron chi connectivity index (χ0n) is 11.4. The van der Waals surface area contributed by atoms with Gasteiger partial charge in [0.1, 0.15) is 4.90 Å². The Balaban J connectivity index is 2.59. The van der Waals surface area contributed by atoms with Crippen LogP contribution in [0.1, 0.15) is 13.3 Å². The molecular formula is C11H22N4O3S. The first-order chi connectivity index (χ1) is 8.99. The molecule has 1 atom stereocenters. The van der Waals surface area contributed by atoms with Gasteiger partial charge in [0.2, 0.25) is 10.0 Å². The molecule has 0 fully saturated rings. The first kappa shape index (κ1) is 16.1. The molecule has 0 amide bonds. The maximum Gasteiger partial charge on any atom is 0.243 e. The van der Waals surface area contributed by atoms with E-state index >= 15 is 0 Å². The van der Waals surface area contributed by atoms with E-state index in [2.05, 4.69) is 9.82 Å². The number of hydrogen-bond donors (Lipinski definition) is 2. The highest BCUT2D eigenvalue weighted by Crippen LogP contribution is 2.08. The first-order valence-electron chi connectivity index (χ1n) is 6.20. The summed E-state index contributed by atoms with van der Waals surface area (Å²) in [6, 6.07) is 0. The number of ether oxygens (including phenoxy) is 1.